The predicted octanol–water partition coefficient (Wildman–Crippen LogP) is 1.05. The Morgan fingerprint density at radius 1 is 0.902 bits per heavy atom. The Bertz CT molecular complexity index is 1300. The second-order valence-electron chi connectivity index (χ2n) is 9.54. The molecule has 3 amide bonds. The summed E-state index contributed by atoms with van der Waals surface area (Å²) in [5, 5.41) is 18.5. The molecule has 0 radical (unpaired) electrons. The van der Waals surface area contributed by atoms with Crippen molar-refractivity contribution in [3.63, 3.8) is 0 Å². The van der Waals surface area contributed by atoms with Crippen LogP contribution in [0.2, 0.25) is 0 Å². The highest BCUT2D eigenvalue weighted by molar-refractivity contribution is 7.98. The van der Waals surface area contributed by atoms with E-state index in [-0.39, 0.29) is 19.3 Å². The first kappa shape index (κ1) is 32.0. The van der Waals surface area contributed by atoms with Gasteiger partial charge in [0.15, 0.2) is 0 Å². The Balaban J connectivity index is 1.71. The molecule has 8 N–H and O–H groups in total. The third-order valence-corrected chi connectivity index (χ3v) is 7.82. The number of aromatic nitrogens is 3. The number of carboxylic acids is 1. The van der Waals surface area contributed by atoms with E-state index in [2.05, 4.69) is 30.9 Å². The van der Waals surface area contributed by atoms with Gasteiger partial charge in [-0.2, -0.15) is 23.5 Å². The van der Waals surface area contributed by atoms with Gasteiger partial charge in [-0.05, 0) is 54.9 Å². The van der Waals surface area contributed by atoms with Crippen molar-refractivity contribution in [2.45, 2.75) is 49.9 Å². The van der Waals surface area contributed by atoms with Gasteiger partial charge in [0.05, 0.1) is 12.4 Å². The van der Waals surface area contributed by atoms with E-state index in [1.165, 1.54) is 36.0 Å². The highest BCUT2D eigenvalue weighted by Gasteiger charge is 2.30. The lowest BCUT2D eigenvalue weighted by Crippen LogP contribution is -2.58. The summed E-state index contributed by atoms with van der Waals surface area (Å²) in [5.41, 5.74) is 8.65. The fraction of sp³-hybridized carbons (Fsp3) is 0.444. The van der Waals surface area contributed by atoms with Gasteiger partial charge in [0.25, 0.3) is 0 Å². The normalized spacial score (nSPS) is 14.1. The van der Waals surface area contributed by atoms with E-state index in [1.54, 1.807) is 0 Å². The molecule has 12 nitrogen and oxygen atoms in total. The van der Waals surface area contributed by atoms with Crippen molar-refractivity contribution in [3.8, 4) is 0 Å². The number of nitrogens with one attached hydrogen (secondary N) is 5. The number of para-hydroxylation sites is 1. The second-order valence-corrected chi connectivity index (χ2v) is 11.5. The Labute approximate surface area is 246 Å². The van der Waals surface area contributed by atoms with Crippen molar-refractivity contribution in [2.24, 2.45) is 5.73 Å². The van der Waals surface area contributed by atoms with Gasteiger partial charge in [-0.1, -0.05) is 18.2 Å². The lowest BCUT2D eigenvalue weighted by Gasteiger charge is -2.25. The Hall–Kier alpha value is -3.49. The number of benzene rings is 1. The van der Waals surface area contributed by atoms with E-state index in [9.17, 15) is 24.3 Å². The molecule has 0 aliphatic rings. The predicted molar refractivity (Wildman–Crippen MR) is 162 cm³/mol. The number of hydrogen-bond donors (Lipinski definition) is 7. The average Bonchev–Trinajstić information content (AvgIpc) is 3.62. The van der Waals surface area contributed by atoms with Gasteiger partial charge in [0.1, 0.15) is 18.1 Å². The van der Waals surface area contributed by atoms with Crippen LogP contribution in [0.5, 0.6) is 0 Å². The number of aliphatic carboxylic acids is 1. The quantitative estimate of drug-likeness (QED) is 0.118. The van der Waals surface area contributed by atoms with Crippen LogP contribution in [0.15, 0.2) is 43.0 Å². The van der Waals surface area contributed by atoms with Crippen LogP contribution in [0.1, 0.15) is 24.1 Å². The molecule has 3 aromatic rings. The molecule has 0 spiro atoms. The molecule has 4 unspecified atom stereocenters. The number of fused-ring (bicyclic) bond motifs is 1. The molecule has 0 fully saturated rings. The summed E-state index contributed by atoms with van der Waals surface area (Å²) in [6.45, 7) is 0. The van der Waals surface area contributed by atoms with Crippen molar-refractivity contribution in [3.05, 3.63) is 54.2 Å². The molecule has 2 heterocycles. The summed E-state index contributed by atoms with van der Waals surface area (Å²) in [6, 6.07) is 3.63. The van der Waals surface area contributed by atoms with E-state index in [1.807, 2.05) is 43.0 Å². The van der Waals surface area contributed by atoms with Crippen LogP contribution in [-0.2, 0) is 32.0 Å². The van der Waals surface area contributed by atoms with Gasteiger partial charge < -0.3 is 36.8 Å². The lowest BCUT2D eigenvalue weighted by molar-refractivity contribution is -0.142. The van der Waals surface area contributed by atoms with Crippen LogP contribution in [0.3, 0.4) is 0 Å². The van der Waals surface area contributed by atoms with Crippen LogP contribution in [0.4, 0.5) is 0 Å². The average molecular weight is 604 g/mol. The molecule has 2 aromatic heterocycles. The summed E-state index contributed by atoms with van der Waals surface area (Å²) < 4.78 is 0. The van der Waals surface area contributed by atoms with Crippen LogP contribution in [0.25, 0.3) is 10.9 Å². The number of amides is 3. The van der Waals surface area contributed by atoms with E-state index >= 15 is 0 Å². The molecule has 0 bridgehead atoms. The zero-order chi connectivity index (χ0) is 29.8. The first-order valence-electron chi connectivity index (χ1n) is 13.1. The first-order valence-corrected chi connectivity index (χ1v) is 15.9. The monoisotopic (exact) mass is 603 g/mol. The van der Waals surface area contributed by atoms with E-state index < -0.39 is 47.9 Å². The molecule has 1 aromatic carbocycles. The van der Waals surface area contributed by atoms with Crippen molar-refractivity contribution >= 4 is 58.1 Å². The van der Waals surface area contributed by atoms with Crippen molar-refractivity contribution in [1.29, 1.82) is 0 Å². The zero-order valence-electron chi connectivity index (χ0n) is 23.0. The van der Waals surface area contributed by atoms with Gasteiger partial charge in [0, 0.05) is 35.4 Å². The number of rotatable bonds is 17. The topological polar surface area (TPSA) is 195 Å². The standard InChI is InChI=1S/C27H37N7O5S2/c1-40-9-7-21(32-24(35)19(28)11-16-13-30-20-6-4-3-5-18(16)20)25(36)34-23(12-17-14-29-15-31-17)26(37)33-22(27(38)39)8-10-41-2/h3-6,13-15,19,21-23,30H,7-12,28H2,1-2H3,(H,29,31)(H,32,35)(H,33,37)(H,34,36)(H,38,39). The second kappa shape index (κ2) is 16.1. The molecule has 4 atom stereocenters. The van der Waals surface area contributed by atoms with Crippen LogP contribution >= 0.6 is 23.5 Å². The number of carbonyl (C=O) groups excluding carboxylic acids is 3. The molecule has 222 valence electrons. The number of thioether (sulfide) groups is 2. The third kappa shape index (κ3) is 9.54. The Morgan fingerprint density at radius 2 is 1.54 bits per heavy atom. The third-order valence-electron chi connectivity index (χ3n) is 6.53. The lowest BCUT2D eigenvalue weighted by atomic mass is 10.0. The number of carboxylic acid groups (broad SMARTS) is 1. The largest absolute Gasteiger partial charge is 0.480 e. The SMILES string of the molecule is CSCCC(NC(=O)C(Cc1cnc[nH]1)NC(=O)C(CCSC)NC(=O)C(N)Cc1c[nH]c2ccccc12)C(=O)O. The fourth-order valence-electron chi connectivity index (χ4n) is 4.28. The molecular formula is C27H37N7O5S2. The molecule has 0 saturated carbocycles. The summed E-state index contributed by atoms with van der Waals surface area (Å²) in [7, 11) is 0. The number of hydrogen-bond acceptors (Lipinski definition) is 8. The molecule has 0 aliphatic heterocycles. The smallest absolute Gasteiger partial charge is 0.326 e. The van der Waals surface area contributed by atoms with E-state index in [0.717, 1.165) is 16.5 Å². The number of aromatic amines is 2. The maximum absolute atomic E-state index is 13.4. The number of nitrogens with zero attached hydrogens (tertiary/aromatic N) is 1. The maximum Gasteiger partial charge on any atom is 0.326 e. The summed E-state index contributed by atoms with van der Waals surface area (Å²) >= 11 is 2.98. The number of imidazole rings is 1. The fourth-order valence-corrected chi connectivity index (χ4v) is 5.22. The van der Waals surface area contributed by atoms with E-state index in [4.69, 9.17) is 5.73 Å². The van der Waals surface area contributed by atoms with Crippen LogP contribution < -0.4 is 21.7 Å². The number of nitrogens with two attached hydrogens (primary N) is 1. The molecule has 41 heavy (non-hydrogen) atoms. The van der Waals surface area contributed by atoms with Gasteiger partial charge in [-0.25, -0.2) is 9.78 Å². The van der Waals surface area contributed by atoms with Gasteiger partial charge in [-0.3, -0.25) is 14.4 Å². The summed E-state index contributed by atoms with van der Waals surface area (Å²) in [6.07, 6.45) is 9.37. The first-order chi connectivity index (χ1) is 19.7. The Morgan fingerprint density at radius 3 is 2.20 bits per heavy atom. The van der Waals surface area contributed by atoms with Gasteiger partial charge in [0.2, 0.25) is 17.7 Å². The van der Waals surface area contributed by atoms with Crippen molar-refractivity contribution in [2.75, 3.05) is 24.0 Å². The Kier molecular flexibility index (Phi) is 12.6. The number of H-pyrrole nitrogens is 2. The highest BCUT2D eigenvalue weighted by Crippen LogP contribution is 2.19. The highest BCUT2D eigenvalue weighted by atomic mass is 32.2. The molecule has 0 aliphatic carbocycles. The van der Waals surface area contributed by atoms with Crippen LogP contribution in [0, 0.1) is 0 Å². The molecular weight excluding hydrogens is 566 g/mol. The summed E-state index contributed by atoms with van der Waals surface area (Å²) in [5.74, 6) is -1.75. The minimum absolute atomic E-state index is 0.0513. The zero-order valence-corrected chi connectivity index (χ0v) is 24.6. The van der Waals surface area contributed by atoms with Crippen LogP contribution in [-0.4, -0.2) is 91.9 Å². The minimum Gasteiger partial charge on any atom is -0.480 e. The minimum atomic E-state index is -1.16. The van der Waals surface area contributed by atoms with Gasteiger partial charge >= 0.3 is 5.97 Å². The molecule has 14 heteroatoms. The van der Waals surface area contributed by atoms with E-state index in [0.29, 0.717) is 23.6 Å². The van der Waals surface area contributed by atoms with Crippen molar-refractivity contribution < 1.29 is 24.3 Å². The van der Waals surface area contributed by atoms with Gasteiger partial charge in [-0.15, -0.1) is 0 Å². The molecule has 3 rings (SSSR count). The summed E-state index contributed by atoms with van der Waals surface area (Å²) in [4.78, 5) is 61.4. The maximum atomic E-state index is 13.4. The van der Waals surface area contributed by atoms with Crippen molar-refractivity contribution in [1.82, 2.24) is 30.9 Å². The number of carbonyl (C=O) groups is 4. The molecule has 0 saturated heterocycles.